The molecule has 3 heteroatoms. The van der Waals surface area contributed by atoms with Crippen LogP contribution in [-0.2, 0) is 4.79 Å². The number of rotatable bonds is 6. The van der Waals surface area contributed by atoms with Gasteiger partial charge < -0.3 is 4.74 Å². The van der Waals surface area contributed by atoms with Gasteiger partial charge in [-0.1, -0.05) is 36.8 Å². The minimum atomic E-state index is -0.0432. The average Bonchev–Trinajstić information content (AvgIpc) is 2.67. The van der Waals surface area contributed by atoms with Crippen LogP contribution >= 0.6 is 0 Å². The third-order valence-corrected chi connectivity index (χ3v) is 5.13. The average molecular weight is 336 g/mol. The zero-order chi connectivity index (χ0) is 17.6. The predicted molar refractivity (Wildman–Crippen MR) is 98.1 cm³/mol. The SMILES string of the molecule is COc1ccc(C(=O)C[C@@H](c2ccccc2)[C@H]2CCCCC2=O)cc1. The van der Waals surface area contributed by atoms with E-state index in [-0.39, 0.29) is 17.6 Å². The van der Waals surface area contributed by atoms with E-state index in [0.717, 1.165) is 30.6 Å². The lowest BCUT2D eigenvalue weighted by atomic mass is 9.73. The van der Waals surface area contributed by atoms with Gasteiger partial charge in [-0.05, 0) is 42.7 Å². The van der Waals surface area contributed by atoms with Gasteiger partial charge in [-0.2, -0.15) is 0 Å². The van der Waals surface area contributed by atoms with Crippen molar-refractivity contribution in [1.29, 1.82) is 0 Å². The molecule has 2 aromatic rings. The second-order valence-electron chi connectivity index (χ2n) is 6.69. The normalized spacial score (nSPS) is 18.6. The Bertz CT molecular complexity index is 719. The zero-order valence-electron chi connectivity index (χ0n) is 14.6. The summed E-state index contributed by atoms with van der Waals surface area (Å²) in [6.45, 7) is 0. The summed E-state index contributed by atoms with van der Waals surface area (Å²) in [5.41, 5.74) is 1.76. The first kappa shape index (κ1) is 17.4. The van der Waals surface area contributed by atoms with Crippen LogP contribution in [0.2, 0.25) is 0 Å². The molecule has 25 heavy (non-hydrogen) atoms. The smallest absolute Gasteiger partial charge is 0.163 e. The van der Waals surface area contributed by atoms with Crippen LogP contribution in [0, 0.1) is 5.92 Å². The van der Waals surface area contributed by atoms with Crippen molar-refractivity contribution in [2.24, 2.45) is 5.92 Å². The van der Waals surface area contributed by atoms with Crippen molar-refractivity contribution in [3.63, 3.8) is 0 Å². The Morgan fingerprint density at radius 1 is 1.08 bits per heavy atom. The number of carbonyl (C=O) groups excluding carboxylic acids is 2. The van der Waals surface area contributed by atoms with E-state index in [2.05, 4.69) is 0 Å². The molecule has 0 unspecified atom stereocenters. The molecule has 1 aliphatic rings. The summed E-state index contributed by atoms with van der Waals surface area (Å²) in [6, 6.07) is 17.2. The lowest BCUT2D eigenvalue weighted by molar-refractivity contribution is -0.125. The molecule has 0 aliphatic heterocycles. The number of hydrogen-bond donors (Lipinski definition) is 0. The molecule has 2 aromatic carbocycles. The fourth-order valence-corrected chi connectivity index (χ4v) is 3.72. The van der Waals surface area contributed by atoms with Gasteiger partial charge in [0.2, 0.25) is 0 Å². The van der Waals surface area contributed by atoms with Gasteiger partial charge >= 0.3 is 0 Å². The minimum Gasteiger partial charge on any atom is -0.497 e. The Labute approximate surface area is 149 Å². The second kappa shape index (κ2) is 8.11. The summed E-state index contributed by atoms with van der Waals surface area (Å²) in [5, 5.41) is 0. The Hall–Kier alpha value is -2.42. The lowest BCUT2D eigenvalue weighted by Crippen LogP contribution is -2.27. The van der Waals surface area contributed by atoms with Gasteiger partial charge in [0.15, 0.2) is 5.78 Å². The molecule has 1 fully saturated rings. The maximum absolute atomic E-state index is 12.8. The van der Waals surface area contributed by atoms with Crippen molar-refractivity contribution >= 4 is 11.6 Å². The summed E-state index contributed by atoms with van der Waals surface area (Å²) in [6.07, 6.45) is 3.94. The Balaban J connectivity index is 1.83. The molecule has 3 nitrogen and oxygen atoms in total. The zero-order valence-corrected chi connectivity index (χ0v) is 14.6. The summed E-state index contributed by atoms with van der Waals surface area (Å²) >= 11 is 0. The first-order chi connectivity index (χ1) is 12.2. The summed E-state index contributed by atoms with van der Waals surface area (Å²) in [4.78, 5) is 25.3. The van der Waals surface area contributed by atoms with Crippen molar-refractivity contribution in [2.75, 3.05) is 7.11 Å². The summed E-state index contributed by atoms with van der Waals surface area (Å²) in [7, 11) is 1.61. The van der Waals surface area contributed by atoms with Crippen LogP contribution < -0.4 is 4.74 Å². The van der Waals surface area contributed by atoms with Gasteiger partial charge in [0, 0.05) is 30.2 Å². The van der Waals surface area contributed by atoms with E-state index in [1.54, 1.807) is 31.4 Å². The maximum Gasteiger partial charge on any atom is 0.163 e. The van der Waals surface area contributed by atoms with Crippen LogP contribution in [0.25, 0.3) is 0 Å². The molecule has 0 aromatic heterocycles. The van der Waals surface area contributed by atoms with E-state index in [9.17, 15) is 9.59 Å². The molecule has 0 N–H and O–H groups in total. The van der Waals surface area contributed by atoms with Crippen molar-refractivity contribution in [3.8, 4) is 5.75 Å². The van der Waals surface area contributed by atoms with Crippen molar-refractivity contribution in [3.05, 3.63) is 65.7 Å². The van der Waals surface area contributed by atoms with Gasteiger partial charge in [0.25, 0.3) is 0 Å². The van der Waals surface area contributed by atoms with E-state index in [0.29, 0.717) is 24.2 Å². The highest BCUT2D eigenvalue weighted by molar-refractivity contribution is 5.97. The molecule has 0 heterocycles. The Morgan fingerprint density at radius 2 is 1.80 bits per heavy atom. The fraction of sp³-hybridized carbons (Fsp3) is 0.364. The maximum atomic E-state index is 12.8. The monoisotopic (exact) mass is 336 g/mol. The van der Waals surface area contributed by atoms with E-state index >= 15 is 0 Å². The molecule has 0 radical (unpaired) electrons. The van der Waals surface area contributed by atoms with E-state index in [1.165, 1.54) is 0 Å². The third-order valence-electron chi connectivity index (χ3n) is 5.13. The van der Waals surface area contributed by atoms with Gasteiger partial charge in [0.05, 0.1) is 7.11 Å². The van der Waals surface area contributed by atoms with Gasteiger partial charge in [-0.3, -0.25) is 9.59 Å². The number of Topliss-reactive ketones (excluding diaryl/α,β-unsaturated/α-hetero) is 2. The van der Waals surface area contributed by atoms with E-state index in [1.807, 2.05) is 30.3 Å². The Morgan fingerprint density at radius 3 is 2.44 bits per heavy atom. The molecule has 2 atom stereocenters. The molecule has 0 spiro atoms. The van der Waals surface area contributed by atoms with E-state index < -0.39 is 0 Å². The highest BCUT2D eigenvalue weighted by Gasteiger charge is 2.32. The van der Waals surface area contributed by atoms with Gasteiger partial charge in [0.1, 0.15) is 11.5 Å². The number of benzene rings is 2. The van der Waals surface area contributed by atoms with Crippen LogP contribution in [0.4, 0.5) is 0 Å². The highest BCUT2D eigenvalue weighted by atomic mass is 16.5. The van der Waals surface area contributed by atoms with Crippen LogP contribution in [0.3, 0.4) is 0 Å². The van der Waals surface area contributed by atoms with Crippen molar-refractivity contribution in [2.45, 2.75) is 38.0 Å². The topological polar surface area (TPSA) is 43.4 Å². The molecule has 1 aliphatic carbocycles. The molecule has 0 bridgehead atoms. The number of hydrogen-bond acceptors (Lipinski definition) is 3. The standard InChI is InChI=1S/C22H24O3/c1-25-18-13-11-17(12-14-18)22(24)15-20(16-7-3-2-4-8-16)19-9-5-6-10-21(19)23/h2-4,7-8,11-14,19-20H,5-6,9-10,15H2,1H3/t19-,20+/m1/s1. The number of carbonyl (C=O) groups is 2. The highest BCUT2D eigenvalue weighted by Crippen LogP contribution is 2.37. The first-order valence-corrected chi connectivity index (χ1v) is 8.94. The molecule has 3 rings (SSSR count). The summed E-state index contributed by atoms with van der Waals surface area (Å²) in [5.74, 6) is 1.04. The quantitative estimate of drug-likeness (QED) is 0.711. The van der Waals surface area contributed by atoms with Gasteiger partial charge in [-0.25, -0.2) is 0 Å². The van der Waals surface area contributed by atoms with Gasteiger partial charge in [-0.15, -0.1) is 0 Å². The van der Waals surface area contributed by atoms with Crippen LogP contribution in [0.1, 0.15) is 53.9 Å². The van der Waals surface area contributed by atoms with Crippen molar-refractivity contribution in [1.82, 2.24) is 0 Å². The largest absolute Gasteiger partial charge is 0.497 e. The predicted octanol–water partition coefficient (Wildman–Crippen LogP) is 4.81. The van der Waals surface area contributed by atoms with E-state index in [4.69, 9.17) is 4.74 Å². The second-order valence-corrected chi connectivity index (χ2v) is 6.69. The molecule has 0 saturated heterocycles. The van der Waals surface area contributed by atoms with Crippen LogP contribution in [0.5, 0.6) is 5.75 Å². The van der Waals surface area contributed by atoms with Crippen LogP contribution in [0.15, 0.2) is 54.6 Å². The fourth-order valence-electron chi connectivity index (χ4n) is 3.72. The molecular weight excluding hydrogens is 312 g/mol. The number of methoxy groups -OCH3 is 1. The summed E-state index contributed by atoms with van der Waals surface area (Å²) < 4.78 is 5.15. The minimum absolute atomic E-state index is 0.0383. The number of ketones is 2. The first-order valence-electron chi connectivity index (χ1n) is 8.94. The molecule has 0 amide bonds. The number of ether oxygens (including phenoxy) is 1. The third kappa shape index (κ3) is 4.16. The molecular formula is C22H24O3. The molecule has 1 saturated carbocycles. The molecule has 130 valence electrons. The van der Waals surface area contributed by atoms with Crippen molar-refractivity contribution < 1.29 is 14.3 Å². The van der Waals surface area contributed by atoms with Crippen LogP contribution in [-0.4, -0.2) is 18.7 Å². The lowest BCUT2D eigenvalue weighted by Gasteiger charge is -2.29. The Kier molecular flexibility index (Phi) is 5.64.